The maximum absolute atomic E-state index is 4.44. The first-order valence-electron chi connectivity index (χ1n) is 5.64. The SMILES string of the molecule is Cc1cnc(C)c(N[C@@H](C)c2ccccn2)n1. The summed E-state index contributed by atoms with van der Waals surface area (Å²) in [6, 6.07) is 6.01. The van der Waals surface area contributed by atoms with Gasteiger partial charge in [0.2, 0.25) is 0 Å². The highest BCUT2D eigenvalue weighted by Gasteiger charge is 2.09. The molecular weight excluding hydrogens is 212 g/mol. The van der Waals surface area contributed by atoms with Crippen molar-refractivity contribution in [1.29, 1.82) is 0 Å². The Bertz CT molecular complexity index is 496. The molecule has 17 heavy (non-hydrogen) atoms. The molecule has 2 aromatic rings. The zero-order chi connectivity index (χ0) is 12.3. The molecule has 0 amide bonds. The molecule has 0 aliphatic carbocycles. The van der Waals surface area contributed by atoms with E-state index in [1.165, 1.54) is 0 Å². The molecule has 4 heteroatoms. The van der Waals surface area contributed by atoms with Crippen LogP contribution in [-0.2, 0) is 0 Å². The molecule has 0 aromatic carbocycles. The van der Waals surface area contributed by atoms with Crippen molar-refractivity contribution in [2.45, 2.75) is 26.8 Å². The fraction of sp³-hybridized carbons (Fsp3) is 0.308. The van der Waals surface area contributed by atoms with Crippen molar-refractivity contribution >= 4 is 5.82 Å². The molecule has 4 nitrogen and oxygen atoms in total. The Morgan fingerprint density at radius 2 is 2.00 bits per heavy atom. The van der Waals surface area contributed by atoms with Gasteiger partial charge in [-0.1, -0.05) is 6.07 Å². The third-order valence-corrected chi connectivity index (χ3v) is 2.56. The third kappa shape index (κ3) is 2.78. The first-order chi connectivity index (χ1) is 8.16. The Morgan fingerprint density at radius 3 is 2.71 bits per heavy atom. The van der Waals surface area contributed by atoms with E-state index in [1.54, 1.807) is 12.4 Å². The van der Waals surface area contributed by atoms with E-state index in [-0.39, 0.29) is 6.04 Å². The summed E-state index contributed by atoms with van der Waals surface area (Å²) in [4.78, 5) is 13.0. The number of aromatic nitrogens is 3. The first-order valence-corrected chi connectivity index (χ1v) is 5.64. The molecule has 0 radical (unpaired) electrons. The van der Waals surface area contributed by atoms with E-state index in [1.807, 2.05) is 32.0 Å². The lowest BCUT2D eigenvalue weighted by Crippen LogP contribution is -2.11. The summed E-state index contributed by atoms with van der Waals surface area (Å²) in [6.07, 6.45) is 3.56. The molecule has 2 rings (SSSR count). The van der Waals surface area contributed by atoms with Crippen LogP contribution in [0.1, 0.15) is 30.0 Å². The largest absolute Gasteiger partial charge is 0.360 e. The van der Waals surface area contributed by atoms with E-state index in [4.69, 9.17) is 0 Å². The van der Waals surface area contributed by atoms with Gasteiger partial charge in [-0.15, -0.1) is 0 Å². The summed E-state index contributed by atoms with van der Waals surface area (Å²) in [5, 5.41) is 3.33. The van der Waals surface area contributed by atoms with Crippen molar-refractivity contribution in [3.05, 3.63) is 47.7 Å². The summed E-state index contributed by atoms with van der Waals surface area (Å²) in [7, 11) is 0. The smallest absolute Gasteiger partial charge is 0.148 e. The van der Waals surface area contributed by atoms with Crippen LogP contribution in [-0.4, -0.2) is 15.0 Å². The normalized spacial score (nSPS) is 12.2. The molecule has 0 fully saturated rings. The van der Waals surface area contributed by atoms with Crippen LogP contribution in [0, 0.1) is 13.8 Å². The number of anilines is 1. The van der Waals surface area contributed by atoms with E-state index in [0.717, 1.165) is 22.9 Å². The topological polar surface area (TPSA) is 50.7 Å². The van der Waals surface area contributed by atoms with Crippen LogP contribution >= 0.6 is 0 Å². The summed E-state index contributed by atoms with van der Waals surface area (Å²) >= 11 is 0. The standard InChI is InChI=1S/C13H16N4/c1-9-8-15-11(3)13(16-9)17-10(2)12-6-4-5-7-14-12/h4-8,10H,1-3H3,(H,16,17)/t10-/m0/s1. The lowest BCUT2D eigenvalue weighted by molar-refractivity contribution is 0.824. The van der Waals surface area contributed by atoms with Crippen molar-refractivity contribution in [3.8, 4) is 0 Å². The first kappa shape index (κ1) is 11.5. The van der Waals surface area contributed by atoms with Crippen molar-refractivity contribution < 1.29 is 0 Å². The third-order valence-electron chi connectivity index (χ3n) is 2.56. The monoisotopic (exact) mass is 228 g/mol. The lowest BCUT2D eigenvalue weighted by atomic mass is 10.2. The quantitative estimate of drug-likeness (QED) is 0.877. The van der Waals surface area contributed by atoms with E-state index >= 15 is 0 Å². The molecule has 0 unspecified atom stereocenters. The molecule has 0 saturated carbocycles. The fourth-order valence-electron chi connectivity index (χ4n) is 1.59. The Labute approximate surface area is 101 Å². The molecule has 88 valence electrons. The van der Waals surface area contributed by atoms with E-state index in [0.29, 0.717) is 0 Å². The molecular formula is C13H16N4. The average molecular weight is 228 g/mol. The zero-order valence-electron chi connectivity index (χ0n) is 10.3. The maximum Gasteiger partial charge on any atom is 0.148 e. The second kappa shape index (κ2) is 4.91. The number of hydrogen-bond donors (Lipinski definition) is 1. The highest BCUT2D eigenvalue weighted by atomic mass is 15.0. The van der Waals surface area contributed by atoms with E-state index in [9.17, 15) is 0 Å². The highest BCUT2D eigenvalue weighted by molar-refractivity contribution is 5.41. The molecule has 2 aromatic heterocycles. The van der Waals surface area contributed by atoms with Crippen LogP contribution in [0.5, 0.6) is 0 Å². The second-order valence-electron chi connectivity index (χ2n) is 4.07. The Morgan fingerprint density at radius 1 is 1.18 bits per heavy atom. The van der Waals surface area contributed by atoms with Gasteiger partial charge < -0.3 is 5.32 Å². The molecule has 1 atom stereocenters. The van der Waals surface area contributed by atoms with Crippen LogP contribution in [0.15, 0.2) is 30.6 Å². The van der Waals surface area contributed by atoms with Crippen LogP contribution in [0.25, 0.3) is 0 Å². The van der Waals surface area contributed by atoms with Crippen LogP contribution in [0.3, 0.4) is 0 Å². The number of rotatable bonds is 3. The zero-order valence-corrected chi connectivity index (χ0v) is 10.3. The van der Waals surface area contributed by atoms with Gasteiger partial charge in [-0.2, -0.15) is 0 Å². The predicted molar refractivity (Wildman–Crippen MR) is 67.8 cm³/mol. The van der Waals surface area contributed by atoms with Crippen molar-refractivity contribution in [3.63, 3.8) is 0 Å². The van der Waals surface area contributed by atoms with E-state index < -0.39 is 0 Å². The van der Waals surface area contributed by atoms with Crippen LogP contribution in [0.2, 0.25) is 0 Å². The summed E-state index contributed by atoms with van der Waals surface area (Å²) in [5.74, 6) is 0.822. The molecule has 0 spiro atoms. The Hall–Kier alpha value is -1.97. The van der Waals surface area contributed by atoms with Gasteiger partial charge in [-0.05, 0) is 32.9 Å². The average Bonchev–Trinajstić information content (AvgIpc) is 2.35. The Balaban J connectivity index is 2.18. The van der Waals surface area contributed by atoms with E-state index in [2.05, 4.69) is 27.2 Å². The van der Waals surface area contributed by atoms with Gasteiger partial charge in [-0.25, -0.2) is 4.98 Å². The Kier molecular flexibility index (Phi) is 3.32. The van der Waals surface area contributed by atoms with Gasteiger partial charge in [0.25, 0.3) is 0 Å². The molecule has 2 heterocycles. The minimum Gasteiger partial charge on any atom is -0.360 e. The van der Waals surface area contributed by atoms with Gasteiger partial charge in [-0.3, -0.25) is 9.97 Å². The summed E-state index contributed by atoms with van der Waals surface area (Å²) < 4.78 is 0. The van der Waals surface area contributed by atoms with Gasteiger partial charge >= 0.3 is 0 Å². The minimum absolute atomic E-state index is 0.117. The van der Waals surface area contributed by atoms with Gasteiger partial charge in [0.15, 0.2) is 0 Å². The summed E-state index contributed by atoms with van der Waals surface area (Å²) in [5.41, 5.74) is 2.81. The summed E-state index contributed by atoms with van der Waals surface area (Å²) in [6.45, 7) is 5.94. The van der Waals surface area contributed by atoms with Gasteiger partial charge in [0.1, 0.15) is 5.82 Å². The van der Waals surface area contributed by atoms with Crippen molar-refractivity contribution in [2.75, 3.05) is 5.32 Å². The fourth-order valence-corrected chi connectivity index (χ4v) is 1.59. The van der Waals surface area contributed by atoms with Crippen LogP contribution < -0.4 is 5.32 Å². The molecule has 0 aliphatic rings. The molecule has 0 saturated heterocycles. The maximum atomic E-state index is 4.44. The molecule has 0 bridgehead atoms. The number of aryl methyl sites for hydroxylation is 2. The van der Waals surface area contributed by atoms with Crippen LogP contribution in [0.4, 0.5) is 5.82 Å². The minimum atomic E-state index is 0.117. The predicted octanol–water partition coefficient (Wildman–Crippen LogP) is 2.66. The number of pyridine rings is 1. The lowest BCUT2D eigenvalue weighted by Gasteiger charge is -2.15. The number of hydrogen-bond acceptors (Lipinski definition) is 4. The highest BCUT2D eigenvalue weighted by Crippen LogP contribution is 2.17. The van der Waals surface area contributed by atoms with Crippen molar-refractivity contribution in [2.24, 2.45) is 0 Å². The number of nitrogens with zero attached hydrogens (tertiary/aromatic N) is 3. The van der Waals surface area contributed by atoms with Crippen molar-refractivity contribution in [1.82, 2.24) is 15.0 Å². The van der Waals surface area contributed by atoms with Gasteiger partial charge in [0, 0.05) is 12.4 Å². The second-order valence-corrected chi connectivity index (χ2v) is 4.07. The molecule has 1 N–H and O–H groups in total. The molecule has 0 aliphatic heterocycles. The van der Waals surface area contributed by atoms with Gasteiger partial charge in [0.05, 0.1) is 23.1 Å². The number of nitrogens with one attached hydrogen (secondary N) is 1.